The fourth-order valence-electron chi connectivity index (χ4n) is 1.93. The zero-order valence-electron chi connectivity index (χ0n) is 14.1. The van der Waals surface area contributed by atoms with Crippen molar-refractivity contribution in [2.75, 3.05) is 20.7 Å². The molecule has 26 heavy (non-hydrogen) atoms. The van der Waals surface area contributed by atoms with Crippen LogP contribution in [0.4, 0.5) is 0 Å². The molecule has 1 amide bonds. The third kappa shape index (κ3) is 5.01. The van der Waals surface area contributed by atoms with Gasteiger partial charge in [0.1, 0.15) is 5.75 Å². The molecule has 2 rings (SSSR count). The summed E-state index contributed by atoms with van der Waals surface area (Å²) in [7, 11) is -1.18. The zero-order valence-corrected chi connectivity index (χ0v) is 15.7. The molecule has 0 aliphatic rings. The number of pyridine rings is 1. The number of amides is 1. The molecular weight excluding hydrogens is 380 g/mol. The predicted molar refractivity (Wildman–Crippen MR) is 97.8 cm³/mol. The van der Waals surface area contributed by atoms with Crippen molar-refractivity contribution in [1.82, 2.24) is 14.7 Å². The molecule has 0 saturated heterocycles. The van der Waals surface area contributed by atoms with Gasteiger partial charge >= 0.3 is 0 Å². The molecular formula is C16H17ClN4O4S. The summed E-state index contributed by atoms with van der Waals surface area (Å²) in [5.41, 5.74) is 2.81. The minimum atomic E-state index is -3.89. The Bertz CT molecular complexity index is 904. The Morgan fingerprint density at radius 1 is 1.38 bits per heavy atom. The van der Waals surface area contributed by atoms with E-state index in [2.05, 4.69) is 15.5 Å². The van der Waals surface area contributed by atoms with Crippen LogP contribution in [0.5, 0.6) is 5.75 Å². The Kier molecular flexibility index (Phi) is 6.67. The number of carbonyl (C=O) groups excluding carboxylic acids is 1. The molecule has 1 aromatic carbocycles. The van der Waals surface area contributed by atoms with Gasteiger partial charge in [0.05, 0.1) is 35.5 Å². The Balaban J connectivity index is 2.01. The summed E-state index contributed by atoms with van der Waals surface area (Å²) in [6, 6.07) is 9.30. The third-order valence-corrected chi connectivity index (χ3v) is 5.37. The van der Waals surface area contributed by atoms with Gasteiger partial charge in [-0.05, 0) is 30.3 Å². The lowest BCUT2D eigenvalue weighted by molar-refractivity contribution is -0.121. The summed E-state index contributed by atoms with van der Waals surface area (Å²) < 4.78 is 30.9. The first-order chi connectivity index (χ1) is 12.3. The average Bonchev–Trinajstić information content (AvgIpc) is 2.62. The molecule has 0 fully saturated rings. The van der Waals surface area contributed by atoms with Gasteiger partial charge in [-0.3, -0.25) is 9.78 Å². The van der Waals surface area contributed by atoms with Gasteiger partial charge in [0.15, 0.2) is 0 Å². The number of likely N-dealkylation sites (N-methyl/N-ethyl adjacent to an activating group) is 1. The quantitative estimate of drug-likeness (QED) is 0.564. The summed E-state index contributed by atoms with van der Waals surface area (Å²) in [5, 5.41) is 3.90. The lowest BCUT2D eigenvalue weighted by Gasteiger charge is -2.16. The Morgan fingerprint density at radius 3 is 2.77 bits per heavy atom. The highest BCUT2D eigenvalue weighted by molar-refractivity contribution is 7.89. The average molecular weight is 397 g/mol. The molecule has 0 unspecified atom stereocenters. The van der Waals surface area contributed by atoms with Crippen LogP contribution in [0.1, 0.15) is 5.69 Å². The summed E-state index contributed by atoms with van der Waals surface area (Å²) in [6.45, 7) is -0.411. The second-order valence-corrected chi connectivity index (χ2v) is 7.56. The monoisotopic (exact) mass is 396 g/mol. The van der Waals surface area contributed by atoms with Crippen molar-refractivity contribution in [2.24, 2.45) is 5.10 Å². The fourth-order valence-corrected chi connectivity index (χ4v) is 3.41. The maximum atomic E-state index is 12.5. The van der Waals surface area contributed by atoms with Gasteiger partial charge in [0, 0.05) is 13.2 Å². The summed E-state index contributed by atoms with van der Waals surface area (Å²) in [6.07, 6.45) is 2.94. The summed E-state index contributed by atoms with van der Waals surface area (Å²) in [5.74, 6) is -0.238. The molecule has 1 heterocycles. The van der Waals surface area contributed by atoms with E-state index in [1.54, 1.807) is 24.4 Å². The topological polar surface area (TPSA) is 101 Å². The molecule has 0 aliphatic carbocycles. The van der Waals surface area contributed by atoms with Crippen molar-refractivity contribution in [3.8, 4) is 5.75 Å². The highest BCUT2D eigenvalue weighted by Gasteiger charge is 2.23. The van der Waals surface area contributed by atoms with E-state index < -0.39 is 22.5 Å². The molecule has 1 aromatic heterocycles. The number of nitrogens with one attached hydrogen (secondary N) is 1. The maximum absolute atomic E-state index is 12.5. The molecule has 138 valence electrons. The largest absolute Gasteiger partial charge is 0.495 e. The number of nitrogens with zero attached hydrogens (tertiary/aromatic N) is 3. The Hall–Kier alpha value is -2.49. The lowest BCUT2D eigenvalue weighted by atomic mass is 10.3. The molecule has 1 N–H and O–H groups in total. The number of ether oxygens (including phenoxy) is 1. The van der Waals surface area contributed by atoms with E-state index in [1.165, 1.54) is 38.6 Å². The number of hydrogen-bond acceptors (Lipinski definition) is 6. The normalized spacial score (nSPS) is 11.7. The lowest BCUT2D eigenvalue weighted by Crippen LogP contribution is -2.36. The van der Waals surface area contributed by atoms with E-state index in [1.807, 2.05) is 0 Å². The van der Waals surface area contributed by atoms with Gasteiger partial charge in [0.2, 0.25) is 10.0 Å². The SMILES string of the molecule is COc1ccc(S(=O)(=O)N(C)CC(=O)NN=Cc2ccccn2)cc1Cl. The van der Waals surface area contributed by atoms with Crippen molar-refractivity contribution in [1.29, 1.82) is 0 Å². The number of rotatable bonds is 7. The maximum Gasteiger partial charge on any atom is 0.255 e. The van der Waals surface area contributed by atoms with Gasteiger partial charge in [-0.1, -0.05) is 17.7 Å². The van der Waals surface area contributed by atoms with Gasteiger partial charge in [-0.25, -0.2) is 13.8 Å². The molecule has 0 atom stereocenters. The summed E-state index contributed by atoms with van der Waals surface area (Å²) in [4.78, 5) is 15.9. The zero-order chi connectivity index (χ0) is 19.2. The smallest absolute Gasteiger partial charge is 0.255 e. The molecule has 0 aliphatic heterocycles. The number of benzene rings is 1. The van der Waals surface area contributed by atoms with Crippen LogP contribution >= 0.6 is 11.6 Å². The number of carbonyl (C=O) groups is 1. The molecule has 8 nitrogen and oxygen atoms in total. The van der Waals surface area contributed by atoms with E-state index in [0.717, 1.165) is 4.31 Å². The first-order valence-electron chi connectivity index (χ1n) is 7.37. The first-order valence-corrected chi connectivity index (χ1v) is 9.19. The number of hydrogen-bond donors (Lipinski definition) is 1. The van der Waals surface area contributed by atoms with Gasteiger partial charge in [0.25, 0.3) is 5.91 Å². The minimum Gasteiger partial charge on any atom is -0.495 e. The third-order valence-electron chi connectivity index (χ3n) is 3.27. The fraction of sp³-hybridized carbons (Fsp3) is 0.188. The van der Waals surface area contributed by atoms with E-state index in [-0.39, 0.29) is 9.92 Å². The Morgan fingerprint density at radius 2 is 2.15 bits per heavy atom. The highest BCUT2D eigenvalue weighted by atomic mass is 35.5. The van der Waals surface area contributed by atoms with Crippen molar-refractivity contribution < 1.29 is 17.9 Å². The van der Waals surface area contributed by atoms with Crippen molar-refractivity contribution in [3.63, 3.8) is 0 Å². The number of methoxy groups -OCH3 is 1. The van der Waals surface area contributed by atoms with Gasteiger partial charge in [-0.15, -0.1) is 0 Å². The first kappa shape index (κ1) is 19.8. The van der Waals surface area contributed by atoms with Gasteiger partial charge in [-0.2, -0.15) is 9.41 Å². The highest BCUT2D eigenvalue weighted by Crippen LogP contribution is 2.27. The van der Waals surface area contributed by atoms with Crippen LogP contribution < -0.4 is 10.2 Å². The number of sulfonamides is 1. The molecule has 0 radical (unpaired) electrons. The van der Waals surface area contributed by atoms with Crippen molar-refractivity contribution in [2.45, 2.75) is 4.90 Å². The number of halogens is 1. The van der Waals surface area contributed by atoms with Gasteiger partial charge < -0.3 is 4.74 Å². The molecule has 0 bridgehead atoms. The van der Waals surface area contributed by atoms with Crippen LogP contribution in [0.3, 0.4) is 0 Å². The van der Waals surface area contributed by atoms with E-state index in [0.29, 0.717) is 11.4 Å². The molecule has 2 aromatic rings. The van der Waals surface area contributed by atoms with Crippen LogP contribution in [0.2, 0.25) is 5.02 Å². The second-order valence-electron chi connectivity index (χ2n) is 5.11. The van der Waals surface area contributed by atoms with E-state index >= 15 is 0 Å². The molecule has 10 heteroatoms. The number of aromatic nitrogens is 1. The summed E-state index contributed by atoms with van der Waals surface area (Å²) >= 11 is 5.96. The van der Waals surface area contributed by atoms with E-state index in [9.17, 15) is 13.2 Å². The predicted octanol–water partition coefficient (Wildman–Crippen LogP) is 1.51. The Labute approximate surface area is 156 Å². The van der Waals surface area contributed by atoms with E-state index in [4.69, 9.17) is 16.3 Å². The van der Waals surface area contributed by atoms with Crippen molar-refractivity contribution >= 4 is 33.7 Å². The molecule has 0 saturated carbocycles. The van der Waals surface area contributed by atoms with Crippen LogP contribution in [-0.2, 0) is 14.8 Å². The van der Waals surface area contributed by atoms with Crippen molar-refractivity contribution in [3.05, 3.63) is 53.3 Å². The minimum absolute atomic E-state index is 0.0458. The van der Waals surface area contributed by atoms with Crippen LogP contribution in [0.25, 0.3) is 0 Å². The standard InChI is InChI=1S/C16H17ClN4O4S/c1-21(11-16(22)20-19-10-12-5-3-4-8-18-12)26(23,24)13-6-7-15(25-2)14(17)9-13/h3-10H,11H2,1-2H3,(H,20,22). The number of hydrazone groups is 1. The van der Waals surface area contributed by atoms with Crippen LogP contribution in [-0.4, -0.2) is 50.5 Å². The van der Waals surface area contributed by atoms with Crippen LogP contribution in [0.15, 0.2) is 52.6 Å². The second kappa shape index (κ2) is 8.75. The van der Waals surface area contributed by atoms with Crippen LogP contribution in [0, 0.1) is 0 Å². The molecule has 0 spiro atoms.